The molecule has 0 spiro atoms. The molecular formula is C5H10OSi. The van der Waals surface area contributed by atoms with Gasteiger partial charge in [0.25, 0.3) is 0 Å². The van der Waals surface area contributed by atoms with Gasteiger partial charge in [-0.3, -0.25) is 0 Å². The van der Waals surface area contributed by atoms with Crippen LogP contribution in [0.1, 0.15) is 12.8 Å². The summed E-state index contributed by atoms with van der Waals surface area (Å²) >= 11 is 0. The molecule has 0 saturated carbocycles. The van der Waals surface area contributed by atoms with Crippen LogP contribution < -0.4 is 0 Å². The molecule has 0 radical (unpaired) electrons. The first-order valence-electron chi connectivity index (χ1n) is 2.70. The van der Waals surface area contributed by atoms with Crippen LogP contribution >= 0.6 is 0 Å². The lowest BCUT2D eigenvalue weighted by Gasteiger charge is -2.12. The summed E-state index contributed by atoms with van der Waals surface area (Å²) in [5.74, 6) is 0. The Hall–Kier alpha value is -0.113. The SMILES string of the molecule is C=[Si]1CCCCO1. The predicted octanol–water partition coefficient (Wildman–Crippen LogP) is 0.802. The maximum atomic E-state index is 5.27. The molecule has 1 fully saturated rings. The van der Waals surface area contributed by atoms with E-state index in [2.05, 4.69) is 6.17 Å². The van der Waals surface area contributed by atoms with Gasteiger partial charge in [0.2, 0.25) is 8.65 Å². The summed E-state index contributed by atoms with van der Waals surface area (Å²) < 4.78 is 5.27. The molecule has 1 saturated heterocycles. The third kappa shape index (κ3) is 1.43. The molecule has 2 heteroatoms. The molecule has 0 atom stereocenters. The zero-order chi connectivity index (χ0) is 5.11. The molecule has 0 aromatic carbocycles. The van der Waals surface area contributed by atoms with Gasteiger partial charge < -0.3 is 4.43 Å². The van der Waals surface area contributed by atoms with Crippen LogP contribution in [0.4, 0.5) is 0 Å². The zero-order valence-corrected chi connectivity index (χ0v) is 5.44. The molecular weight excluding hydrogens is 104 g/mol. The smallest absolute Gasteiger partial charge is 0.224 e. The second-order valence-electron chi connectivity index (χ2n) is 1.84. The average Bonchev–Trinajstić information content (AvgIpc) is 1.69. The summed E-state index contributed by atoms with van der Waals surface area (Å²) in [6.07, 6.45) is 6.48. The molecule has 0 aromatic heterocycles. The van der Waals surface area contributed by atoms with Crippen molar-refractivity contribution in [3.8, 4) is 0 Å². The Labute approximate surface area is 45.6 Å². The maximum Gasteiger partial charge on any atom is 0.224 e. The first kappa shape index (κ1) is 5.03. The second kappa shape index (κ2) is 2.26. The third-order valence-corrected chi connectivity index (χ3v) is 2.68. The van der Waals surface area contributed by atoms with Crippen molar-refractivity contribution in [2.75, 3.05) is 6.61 Å². The van der Waals surface area contributed by atoms with Gasteiger partial charge in [0.15, 0.2) is 0 Å². The quantitative estimate of drug-likeness (QED) is 0.423. The highest BCUT2D eigenvalue weighted by Crippen LogP contribution is 2.04. The first-order valence-corrected chi connectivity index (χ1v) is 4.52. The minimum Gasteiger partial charge on any atom is -0.551 e. The minimum atomic E-state index is -0.543. The molecule has 0 amide bonds. The van der Waals surface area contributed by atoms with Crippen LogP contribution in [0.3, 0.4) is 0 Å². The van der Waals surface area contributed by atoms with Gasteiger partial charge in [-0.2, -0.15) is 0 Å². The Kier molecular flexibility index (Phi) is 1.62. The second-order valence-corrected chi connectivity index (χ2v) is 3.71. The van der Waals surface area contributed by atoms with Crippen molar-refractivity contribution >= 4 is 14.8 Å². The molecule has 1 rings (SSSR count). The standard InChI is InChI=1S/C5H10OSi/c1-7-5-3-2-4-6-7/h1-5H2. The van der Waals surface area contributed by atoms with E-state index in [1.165, 1.54) is 18.9 Å². The molecule has 0 N–H and O–H groups in total. The van der Waals surface area contributed by atoms with Crippen molar-refractivity contribution in [1.29, 1.82) is 0 Å². The van der Waals surface area contributed by atoms with E-state index < -0.39 is 8.65 Å². The molecule has 1 heterocycles. The van der Waals surface area contributed by atoms with Gasteiger partial charge in [-0.15, -0.1) is 0 Å². The Morgan fingerprint density at radius 3 is 2.57 bits per heavy atom. The van der Waals surface area contributed by atoms with Crippen LogP contribution in [-0.2, 0) is 4.43 Å². The first-order chi connectivity index (χ1) is 3.39. The van der Waals surface area contributed by atoms with Crippen molar-refractivity contribution < 1.29 is 4.43 Å². The Bertz CT molecular complexity index is 72.1. The Morgan fingerprint density at radius 2 is 2.29 bits per heavy atom. The summed E-state index contributed by atoms with van der Waals surface area (Å²) in [4.78, 5) is 0. The fourth-order valence-corrected chi connectivity index (χ4v) is 1.93. The van der Waals surface area contributed by atoms with Gasteiger partial charge in [-0.25, -0.2) is 0 Å². The lowest BCUT2D eigenvalue weighted by molar-refractivity contribution is 0.301. The van der Waals surface area contributed by atoms with E-state index >= 15 is 0 Å². The highest BCUT2D eigenvalue weighted by atomic mass is 28.3. The summed E-state index contributed by atoms with van der Waals surface area (Å²) in [6, 6.07) is 1.25. The Morgan fingerprint density at radius 1 is 1.43 bits per heavy atom. The average molecular weight is 114 g/mol. The van der Waals surface area contributed by atoms with Gasteiger partial charge >= 0.3 is 0 Å². The zero-order valence-electron chi connectivity index (χ0n) is 4.44. The monoisotopic (exact) mass is 114 g/mol. The molecule has 0 aromatic rings. The predicted molar refractivity (Wildman–Crippen MR) is 32.9 cm³/mol. The van der Waals surface area contributed by atoms with E-state index in [4.69, 9.17) is 4.43 Å². The largest absolute Gasteiger partial charge is 0.551 e. The minimum absolute atomic E-state index is 0.543. The van der Waals surface area contributed by atoms with Gasteiger partial charge in [-0.1, -0.05) is 6.17 Å². The van der Waals surface area contributed by atoms with Gasteiger partial charge in [0.1, 0.15) is 0 Å². The summed E-state index contributed by atoms with van der Waals surface area (Å²) in [7, 11) is -0.543. The molecule has 1 nitrogen and oxygen atoms in total. The number of hydrogen-bond donors (Lipinski definition) is 0. The maximum absolute atomic E-state index is 5.27. The van der Waals surface area contributed by atoms with E-state index in [0.717, 1.165) is 6.61 Å². The molecule has 1 aliphatic rings. The highest BCUT2D eigenvalue weighted by Gasteiger charge is 2.02. The lowest BCUT2D eigenvalue weighted by Crippen LogP contribution is -2.13. The van der Waals surface area contributed by atoms with Crippen molar-refractivity contribution in [3.05, 3.63) is 0 Å². The lowest BCUT2D eigenvalue weighted by atomic mass is 10.4. The molecule has 40 valence electrons. The van der Waals surface area contributed by atoms with Crippen molar-refractivity contribution in [2.24, 2.45) is 0 Å². The third-order valence-electron chi connectivity index (χ3n) is 1.16. The van der Waals surface area contributed by atoms with Crippen molar-refractivity contribution in [2.45, 2.75) is 18.9 Å². The van der Waals surface area contributed by atoms with Gasteiger partial charge in [0, 0.05) is 0 Å². The van der Waals surface area contributed by atoms with E-state index in [1.54, 1.807) is 0 Å². The van der Waals surface area contributed by atoms with Gasteiger partial charge in [-0.05, 0) is 18.9 Å². The van der Waals surface area contributed by atoms with Crippen LogP contribution in [0.5, 0.6) is 0 Å². The fraction of sp³-hybridized carbons (Fsp3) is 0.800. The highest BCUT2D eigenvalue weighted by molar-refractivity contribution is 6.55. The van der Waals surface area contributed by atoms with Crippen LogP contribution in [0.2, 0.25) is 6.04 Å². The fourth-order valence-electron chi connectivity index (χ4n) is 0.713. The van der Waals surface area contributed by atoms with Crippen LogP contribution in [0.25, 0.3) is 0 Å². The van der Waals surface area contributed by atoms with Crippen LogP contribution in [0, 0.1) is 0 Å². The van der Waals surface area contributed by atoms with E-state index in [9.17, 15) is 0 Å². The number of rotatable bonds is 0. The van der Waals surface area contributed by atoms with E-state index in [1.807, 2.05) is 0 Å². The molecule has 0 unspecified atom stereocenters. The normalized spacial score (nSPS) is 21.4. The van der Waals surface area contributed by atoms with E-state index in [0.29, 0.717) is 0 Å². The molecule has 1 aliphatic heterocycles. The molecule has 0 aliphatic carbocycles. The summed E-state index contributed by atoms with van der Waals surface area (Å²) in [5.41, 5.74) is 0. The topological polar surface area (TPSA) is 9.23 Å². The Balaban J connectivity index is 2.25. The van der Waals surface area contributed by atoms with Crippen molar-refractivity contribution in [3.63, 3.8) is 0 Å². The van der Waals surface area contributed by atoms with E-state index in [-0.39, 0.29) is 0 Å². The summed E-state index contributed by atoms with van der Waals surface area (Å²) in [5, 5.41) is 0. The van der Waals surface area contributed by atoms with Crippen LogP contribution in [0.15, 0.2) is 0 Å². The molecule has 0 bridgehead atoms. The van der Waals surface area contributed by atoms with Crippen LogP contribution in [-0.4, -0.2) is 21.4 Å². The van der Waals surface area contributed by atoms with Crippen molar-refractivity contribution in [1.82, 2.24) is 0 Å². The van der Waals surface area contributed by atoms with Gasteiger partial charge in [0.05, 0.1) is 6.61 Å². The number of hydrogen-bond acceptors (Lipinski definition) is 1. The summed E-state index contributed by atoms with van der Waals surface area (Å²) in [6.45, 7) is 0.970. The molecule has 7 heavy (non-hydrogen) atoms.